The van der Waals surface area contributed by atoms with Gasteiger partial charge in [0.1, 0.15) is 28.7 Å². The van der Waals surface area contributed by atoms with E-state index in [9.17, 15) is 9.59 Å². The Morgan fingerprint density at radius 2 is 1.96 bits per heavy atom. The fourth-order valence-electron chi connectivity index (χ4n) is 2.25. The number of thiophene rings is 1. The number of esters is 1. The molecule has 24 heavy (non-hydrogen) atoms. The summed E-state index contributed by atoms with van der Waals surface area (Å²) >= 11 is 6.10. The van der Waals surface area contributed by atoms with Crippen molar-refractivity contribution in [2.75, 3.05) is 13.2 Å². The van der Waals surface area contributed by atoms with E-state index in [1.54, 1.807) is 6.92 Å². The zero-order valence-electron chi connectivity index (χ0n) is 12.8. The van der Waals surface area contributed by atoms with Crippen molar-refractivity contribution < 1.29 is 14.3 Å². The van der Waals surface area contributed by atoms with E-state index in [2.05, 4.69) is 9.97 Å². The molecule has 2 aromatic heterocycles. The van der Waals surface area contributed by atoms with Gasteiger partial charge >= 0.3 is 5.97 Å². The van der Waals surface area contributed by atoms with Gasteiger partial charge in [0.15, 0.2) is 4.77 Å². The van der Waals surface area contributed by atoms with Crippen LogP contribution in [0.15, 0.2) is 35.1 Å². The lowest BCUT2D eigenvalue weighted by molar-refractivity contribution is 0.0455. The van der Waals surface area contributed by atoms with E-state index >= 15 is 0 Å². The number of carbonyl (C=O) groups excluding carboxylic acids is 1. The summed E-state index contributed by atoms with van der Waals surface area (Å²) in [6.45, 7) is 2.08. The van der Waals surface area contributed by atoms with Gasteiger partial charge in [-0.15, -0.1) is 11.3 Å². The van der Waals surface area contributed by atoms with Gasteiger partial charge in [0.2, 0.25) is 0 Å². The van der Waals surface area contributed by atoms with Gasteiger partial charge in [-0.1, -0.05) is 18.2 Å². The zero-order chi connectivity index (χ0) is 17.1. The Morgan fingerprint density at radius 3 is 2.71 bits per heavy atom. The summed E-state index contributed by atoms with van der Waals surface area (Å²) in [6.07, 6.45) is 0. The molecule has 0 aliphatic rings. The third kappa shape index (κ3) is 3.39. The molecule has 0 spiro atoms. The number of rotatable bonds is 5. The van der Waals surface area contributed by atoms with Gasteiger partial charge in [-0.2, -0.15) is 0 Å². The van der Waals surface area contributed by atoms with Crippen LogP contribution in [-0.2, 0) is 4.74 Å². The molecule has 0 unspecified atom stereocenters. The number of benzene rings is 1. The van der Waals surface area contributed by atoms with Crippen LogP contribution in [0.5, 0.6) is 5.75 Å². The van der Waals surface area contributed by atoms with Crippen LogP contribution in [0.1, 0.15) is 15.2 Å². The minimum absolute atomic E-state index is 0.119. The molecule has 0 aliphatic carbocycles. The second kappa shape index (κ2) is 6.98. The fourth-order valence-corrected chi connectivity index (χ4v) is 3.61. The Morgan fingerprint density at radius 1 is 1.21 bits per heavy atom. The summed E-state index contributed by atoms with van der Waals surface area (Å²) in [5.74, 6) is 0.231. The van der Waals surface area contributed by atoms with Crippen LogP contribution in [0.25, 0.3) is 10.2 Å². The number of aromatic amines is 2. The van der Waals surface area contributed by atoms with Crippen LogP contribution in [0.4, 0.5) is 0 Å². The number of nitrogens with one attached hydrogen (secondary N) is 2. The third-order valence-electron chi connectivity index (χ3n) is 3.34. The monoisotopic (exact) mass is 362 g/mol. The maximum absolute atomic E-state index is 12.2. The van der Waals surface area contributed by atoms with Crippen LogP contribution in [0.3, 0.4) is 0 Å². The lowest BCUT2D eigenvalue weighted by Gasteiger charge is -2.06. The second-order valence-electron chi connectivity index (χ2n) is 4.97. The van der Waals surface area contributed by atoms with Crippen molar-refractivity contribution in [2.24, 2.45) is 0 Å². The quantitative estimate of drug-likeness (QED) is 0.414. The van der Waals surface area contributed by atoms with Crippen molar-refractivity contribution in [3.05, 3.63) is 55.9 Å². The Labute approximate surface area is 146 Å². The Bertz CT molecular complexity index is 989. The topological polar surface area (TPSA) is 84.2 Å². The molecule has 0 radical (unpaired) electrons. The predicted octanol–water partition coefficient (Wildman–Crippen LogP) is 3.19. The summed E-state index contributed by atoms with van der Waals surface area (Å²) in [6, 6.07) is 9.27. The first-order chi connectivity index (χ1) is 11.6. The van der Waals surface area contributed by atoms with Gasteiger partial charge in [0.05, 0.1) is 5.39 Å². The Kier molecular flexibility index (Phi) is 4.77. The van der Waals surface area contributed by atoms with E-state index in [-0.39, 0.29) is 23.5 Å². The summed E-state index contributed by atoms with van der Waals surface area (Å²) in [4.78, 5) is 30.5. The summed E-state index contributed by atoms with van der Waals surface area (Å²) < 4.78 is 10.9. The molecule has 124 valence electrons. The molecule has 0 saturated carbocycles. The van der Waals surface area contributed by atoms with Crippen LogP contribution in [0.2, 0.25) is 0 Å². The molecule has 0 bridgehead atoms. The zero-order valence-corrected chi connectivity index (χ0v) is 14.4. The summed E-state index contributed by atoms with van der Waals surface area (Å²) in [5.41, 5.74) is 0.269. The third-order valence-corrected chi connectivity index (χ3v) is 4.73. The summed E-state index contributed by atoms with van der Waals surface area (Å²) in [5, 5.41) is 0.432. The number of aryl methyl sites for hydroxylation is 1. The number of carbonyl (C=O) groups is 1. The molecule has 1 aromatic carbocycles. The van der Waals surface area contributed by atoms with Gasteiger partial charge in [-0.05, 0) is 36.8 Å². The van der Waals surface area contributed by atoms with Crippen LogP contribution >= 0.6 is 23.6 Å². The average Bonchev–Trinajstić information content (AvgIpc) is 2.89. The molecule has 0 aliphatic heterocycles. The standard InChI is InChI=1S/C16H14N2O4S2/c1-9-11-13(19)17-16(23)18-14(11)24-12(9)15(20)22-8-7-21-10-5-3-2-4-6-10/h2-6H,7-8H2,1H3,(H2,17,18,19,23). The van der Waals surface area contributed by atoms with Crippen LogP contribution < -0.4 is 10.3 Å². The molecule has 0 saturated heterocycles. The highest BCUT2D eigenvalue weighted by Gasteiger charge is 2.19. The Balaban J connectivity index is 1.68. The maximum Gasteiger partial charge on any atom is 0.348 e. The van der Waals surface area contributed by atoms with Crippen molar-refractivity contribution in [1.82, 2.24) is 9.97 Å². The molecule has 2 heterocycles. The molecule has 0 fully saturated rings. The van der Waals surface area contributed by atoms with Gasteiger partial charge in [0.25, 0.3) is 5.56 Å². The normalized spacial score (nSPS) is 10.7. The van der Waals surface area contributed by atoms with E-state index in [0.29, 0.717) is 26.4 Å². The van der Waals surface area contributed by atoms with E-state index in [1.807, 2.05) is 30.3 Å². The van der Waals surface area contributed by atoms with Crippen molar-refractivity contribution in [2.45, 2.75) is 6.92 Å². The van der Waals surface area contributed by atoms with Gasteiger partial charge in [-0.3, -0.25) is 9.78 Å². The Hall–Kier alpha value is -2.45. The number of hydrogen-bond donors (Lipinski definition) is 2. The van der Waals surface area contributed by atoms with Crippen LogP contribution in [-0.4, -0.2) is 29.2 Å². The van der Waals surface area contributed by atoms with Crippen molar-refractivity contribution in [1.29, 1.82) is 0 Å². The number of ether oxygens (including phenoxy) is 2. The number of H-pyrrole nitrogens is 2. The van der Waals surface area contributed by atoms with Crippen molar-refractivity contribution >= 4 is 39.7 Å². The largest absolute Gasteiger partial charge is 0.490 e. The first-order valence-electron chi connectivity index (χ1n) is 7.17. The number of aromatic nitrogens is 2. The highest BCUT2D eigenvalue weighted by molar-refractivity contribution is 7.71. The molecule has 8 heteroatoms. The predicted molar refractivity (Wildman–Crippen MR) is 94.6 cm³/mol. The molecular formula is C16H14N2O4S2. The molecule has 3 rings (SSSR count). The molecule has 0 amide bonds. The van der Waals surface area contributed by atoms with Gasteiger partial charge in [0, 0.05) is 0 Å². The van der Waals surface area contributed by atoms with E-state index in [0.717, 1.165) is 11.3 Å². The average molecular weight is 362 g/mol. The van der Waals surface area contributed by atoms with Crippen molar-refractivity contribution in [3.8, 4) is 5.75 Å². The van der Waals surface area contributed by atoms with E-state index < -0.39 is 5.97 Å². The lowest BCUT2D eigenvalue weighted by atomic mass is 10.2. The van der Waals surface area contributed by atoms with E-state index in [4.69, 9.17) is 21.7 Å². The minimum atomic E-state index is -0.482. The van der Waals surface area contributed by atoms with Gasteiger partial charge in [-0.25, -0.2) is 4.79 Å². The van der Waals surface area contributed by atoms with Gasteiger partial charge < -0.3 is 14.5 Å². The van der Waals surface area contributed by atoms with Crippen LogP contribution in [0, 0.1) is 11.7 Å². The van der Waals surface area contributed by atoms with Crippen molar-refractivity contribution in [3.63, 3.8) is 0 Å². The first-order valence-corrected chi connectivity index (χ1v) is 8.39. The smallest absolute Gasteiger partial charge is 0.348 e. The lowest BCUT2D eigenvalue weighted by Crippen LogP contribution is -2.12. The fraction of sp³-hybridized carbons (Fsp3) is 0.188. The maximum atomic E-state index is 12.2. The second-order valence-corrected chi connectivity index (χ2v) is 6.39. The summed E-state index contributed by atoms with van der Waals surface area (Å²) in [7, 11) is 0. The number of hydrogen-bond acceptors (Lipinski definition) is 6. The van der Waals surface area contributed by atoms with E-state index in [1.165, 1.54) is 0 Å². The molecular weight excluding hydrogens is 348 g/mol. The first kappa shape index (κ1) is 16.4. The molecule has 3 aromatic rings. The SMILES string of the molecule is Cc1c(C(=O)OCCOc2ccccc2)sc2[nH]c(=S)[nH]c(=O)c12. The highest BCUT2D eigenvalue weighted by atomic mass is 32.1. The number of fused-ring (bicyclic) bond motifs is 1. The highest BCUT2D eigenvalue weighted by Crippen LogP contribution is 2.27. The molecule has 6 nitrogen and oxygen atoms in total. The number of para-hydroxylation sites is 1. The minimum Gasteiger partial charge on any atom is -0.490 e. The molecule has 0 atom stereocenters. The molecule has 2 N–H and O–H groups in total.